The predicted octanol–water partition coefficient (Wildman–Crippen LogP) is 3.66. The predicted molar refractivity (Wildman–Crippen MR) is 60.2 cm³/mol. The molecule has 1 atom stereocenters. The van der Waals surface area contributed by atoms with Gasteiger partial charge in [-0.3, -0.25) is 0 Å². The lowest BCUT2D eigenvalue weighted by Gasteiger charge is -2.27. The molecule has 0 radical (unpaired) electrons. The zero-order valence-electron chi connectivity index (χ0n) is 9.47. The zero-order valence-corrected chi connectivity index (χ0v) is 9.47. The molecule has 0 aliphatic heterocycles. The summed E-state index contributed by atoms with van der Waals surface area (Å²) < 4.78 is 0. The molecule has 1 rings (SSSR count). The molecule has 78 valence electrons. The van der Waals surface area contributed by atoms with E-state index < -0.39 is 0 Å². The van der Waals surface area contributed by atoms with E-state index in [1.165, 1.54) is 5.57 Å². The van der Waals surface area contributed by atoms with Crippen molar-refractivity contribution >= 4 is 5.78 Å². The Kier molecular flexibility index (Phi) is 3.68. The van der Waals surface area contributed by atoms with Gasteiger partial charge in [0.25, 0.3) is 0 Å². The van der Waals surface area contributed by atoms with Crippen LogP contribution in [0.5, 0.6) is 0 Å². The quantitative estimate of drug-likeness (QED) is 0.664. The van der Waals surface area contributed by atoms with Crippen LogP contribution in [0.25, 0.3) is 0 Å². The van der Waals surface area contributed by atoms with Gasteiger partial charge in [0.1, 0.15) is 5.78 Å². The van der Waals surface area contributed by atoms with E-state index in [-0.39, 0.29) is 5.41 Å². The third kappa shape index (κ3) is 3.49. The SMILES string of the molecule is CC(=O)CCCC1(C)C=CC(C)=CC1. The fourth-order valence-corrected chi connectivity index (χ4v) is 1.79. The van der Waals surface area contributed by atoms with Crippen LogP contribution in [0.1, 0.15) is 46.5 Å². The smallest absolute Gasteiger partial charge is 0.129 e. The summed E-state index contributed by atoms with van der Waals surface area (Å²) in [6, 6.07) is 0. The summed E-state index contributed by atoms with van der Waals surface area (Å²) in [6.45, 7) is 6.07. The van der Waals surface area contributed by atoms with E-state index in [0.29, 0.717) is 5.78 Å². The molecule has 0 heterocycles. The Bertz CT molecular complexity index is 273. The Labute approximate surface area is 86.9 Å². The Hall–Kier alpha value is -0.850. The van der Waals surface area contributed by atoms with Crippen molar-refractivity contribution in [1.82, 2.24) is 0 Å². The molecule has 1 unspecified atom stereocenters. The molecule has 1 aliphatic carbocycles. The first kappa shape index (κ1) is 11.2. The van der Waals surface area contributed by atoms with Gasteiger partial charge in [0.05, 0.1) is 0 Å². The van der Waals surface area contributed by atoms with Crippen LogP contribution in [0.15, 0.2) is 23.8 Å². The second-order valence-electron chi connectivity index (χ2n) is 4.70. The lowest BCUT2D eigenvalue weighted by molar-refractivity contribution is -0.117. The number of hydrogen-bond acceptors (Lipinski definition) is 1. The van der Waals surface area contributed by atoms with Gasteiger partial charge < -0.3 is 4.79 Å². The molecule has 0 spiro atoms. The maximum Gasteiger partial charge on any atom is 0.129 e. The lowest BCUT2D eigenvalue weighted by Crippen LogP contribution is -2.14. The third-order valence-corrected chi connectivity index (χ3v) is 2.92. The van der Waals surface area contributed by atoms with Crippen LogP contribution < -0.4 is 0 Å². The van der Waals surface area contributed by atoms with Gasteiger partial charge >= 0.3 is 0 Å². The van der Waals surface area contributed by atoms with Crippen molar-refractivity contribution in [2.24, 2.45) is 5.41 Å². The van der Waals surface area contributed by atoms with E-state index >= 15 is 0 Å². The molecular formula is C13H20O. The highest BCUT2D eigenvalue weighted by molar-refractivity contribution is 5.75. The van der Waals surface area contributed by atoms with Crippen molar-refractivity contribution in [2.75, 3.05) is 0 Å². The van der Waals surface area contributed by atoms with Gasteiger partial charge in [-0.2, -0.15) is 0 Å². The third-order valence-electron chi connectivity index (χ3n) is 2.92. The van der Waals surface area contributed by atoms with Crippen LogP contribution in [0.4, 0.5) is 0 Å². The molecule has 0 saturated heterocycles. The van der Waals surface area contributed by atoms with E-state index in [9.17, 15) is 4.79 Å². The van der Waals surface area contributed by atoms with Gasteiger partial charge in [-0.15, -0.1) is 0 Å². The van der Waals surface area contributed by atoms with Crippen LogP contribution in [0.2, 0.25) is 0 Å². The van der Waals surface area contributed by atoms with Gasteiger partial charge in [-0.25, -0.2) is 0 Å². The molecule has 0 saturated carbocycles. The maximum atomic E-state index is 10.8. The number of Topliss-reactive ketones (excluding diaryl/α,β-unsaturated/α-hetero) is 1. The topological polar surface area (TPSA) is 17.1 Å². The summed E-state index contributed by atoms with van der Waals surface area (Å²) in [4.78, 5) is 10.8. The van der Waals surface area contributed by atoms with Gasteiger partial charge in [0, 0.05) is 6.42 Å². The molecule has 0 aromatic heterocycles. The Morgan fingerprint density at radius 2 is 2.29 bits per heavy atom. The zero-order chi connectivity index (χ0) is 10.6. The van der Waals surface area contributed by atoms with Gasteiger partial charge in [0.2, 0.25) is 0 Å². The fraction of sp³-hybridized carbons (Fsp3) is 0.615. The molecule has 1 nitrogen and oxygen atoms in total. The fourth-order valence-electron chi connectivity index (χ4n) is 1.79. The second kappa shape index (κ2) is 4.59. The molecule has 0 aromatic rings. The second-order valence-corrected chi connectivity index (χ2v) is 4.70. The van der Waals surface area contributed by atoms with E-state index in [0.717, 1.165) is 25.7 Å². The summed E-state index contributed by atoms with van der Waals surface area (Å²) in [5.74, 6) is 0.306. The number of carbonyl (C=O) groups excluding carboxylic acids is 1. The number of rotatable bonds is 4. The molecular weight excluding hydrogens is 172 g/mol. The van der Waals surface area contributed by atoms with Crippen LogP contribution in [-0.4, -0.2) is 5.78 Å². The maximum absolute atomic E-state index is 10.8. The number of carbonyl (C=O) groups is 1. The number of allylic oxidation sites excluding steroid dienone is 4. The highest BCUT2D eigenvalue weighted by atomic mass is 16.1. The number of hydrogen-bond donors (Lipinski definition) is 0. The van der Waals surface area contributed by atoms with Crippen LogP contribution in [-0.2, 0) is 4.79 Å². The van der Waals surface area contributed by atoms with Gasteiger partial charge in [0.15, 0.2) is 0 Å². The highest BCUT2D eigenvalue weighted by Gasteiger charge is 2.21. The van der Waals surface area contributed by atoms with Crippen LogP contribution >= 0.6 is 0 Å². The normalized spacial score (nSPS) is 26.1. The minimum Gasteiger partial charge on any atom is -0.300 e. The monoisotopic (exact) mass is 192 g/mol. The van der Waals surface area contributed by atoms with E-state index in [4.69, 9.17) is 0 Å². The van der Waals surface area contributed by atoms with E-state index in [1.54, 1.807) is 6.92 Å². The molecule has 0 amide bonds. The van der Waals surface area contributed by atoms with Crippen molar-refractivity contribution < 1.29 is 4.79 Å². The van der Waals surface area contributed by atoms with E-state index in [2.05, 4.69) is 32.1 Å². The molecule has 1 heteroatoms. The first-order chi connectivity index (χ1) is 6.52. The molecule has 1 aliphatic rings. The molecule has 0 fully saturated rings. The Balaban J connectivity index is 2.38. The average molecular weight is 192 g/mol. The summed E-state index contributed by atoms with van der Waals surface area (Å²) in [6.07, 6.45) is 10.8. The summed E-state index contributed by atoms with van der Waals surface area (Å²) in [5, 5.41) is 0. The lowest BCUT2D eigenvalue weighted by atomic mass is 9.78. The van der Waals surface area contributed by atoms with E-state index in [1.807, 2.05) is 0 Å². The molecule has 0 bridgehead atoms. The van der Waals surface area contributed by atoms with Crippen LogP contribution in [0, 0.1) is 5.41 Å². The summed E-state index contributed by atoms with van der Waals surface area (Å²) in [5.41, 5.74) is 1.64. The van der Waals surface area contributed by atoms with Crippen molar-refractivity contribution in [3.05, 3.63) is 23.8 Å². The first-order valence-corrected chi connectivity index (χ1v) is 5.37. The first-order valence-electron chi connectivity index (χ1n) is 5.37. The molecule has 14 heavy (non-hydrogen) atoms. The molecule has 0 aromatic carbocycles. The van der Waals surface area contributed by atoms with Crippen molar-refractivity contribution in [2.45, 2.75) is 46.5 Å². The average Bonchev–Trinajstić information content (AvgIpc) is 2.10. The largest absolute Gasteiger partial charge is 0.300 e. The minimum atomic E-state index is 0.287. The van der Waals surface area contributed by atoms with Crippen molar-refractivity contribution in [1.29, 1.82) is 0 Å². The highest BCUT2D eigenvalue weighted by Crippen LogP contribution is 2.34. The van der Waals surface area contributed by atoms with Crippen molar-refractivity contribution in [3.63, 3.8) is 0 Å². The summed E-state index contributed by atoms with van der Waals surface area (Å²) in [7, 11) is 0. The van der Waals surface area contributed by atoms with Crippen molar-refractivity contribution in [3.8, 4) is 0 Å². The van der Waals surface area contributed by atoms with Gasteiger partial charge in [-0.1, -0.05) is 30.7 Å². The Morgan fingerprint density at radius 3 is 2.79 bits per heavy atom. The molecule has 0 N–H and O–H groups in total. The number of ketones is 1. The van der Waals surface area contributed by atoms with Crippen LogP contribution in [0.3, 0.4) is 0 Å². The summed E-state index contributed by atoms with van der Waals surface area (Å²) >= 11 is 0. The standard InChI is InChI=1S/C13H20O/c1-11-6-9-13(3,10-7-11)8-4-5-12(2)14/h6-7,9H,4-5,8,10H2,1-3H3. The Morgan fingerprint density at radius 1 is 1.57 bits per heavy atom. The van der Waals surface area contributed by atoms with Gasteiger partial charge in [-0.05, 0) is 38.5 Å². The minimum absolute atomic E-state index is 0.287.